The number of amides is 1. The number of benzene rings is 1. The van der Waals surface area contributed by atoms with Gasteiger partial charge in [-0.05, 0) is 51.3 Å². The Morgan fingerprint density at radius 2 is 1.96 bits per heavy atom. The molecule has 3 heterocycles. The van der Waals surface area contributed by atoms with E-state index in [1.807, 2.05) is 6.92 Å². The summed E-state index contributed by atoms with van der Waals surface area (Å²) < 4.78 is 1.69. The van der Waals surface area contributed by atoms with Crippen molar-refractivity contribution in [3.63, 3.8) is 0 Å². The summed E-state index contributed by atoms with van der Waals surface area (Å²) in [5.74, 6) is -0.374. The molecule has 2 saturated heterocycles. The molecule has 1 N–H and O–H groups in total. The largest absolute Gasteiger partial charge is 0.348 e. The van der Waals surface area contributed by atoms with Gasteiger partial charge in [-0.1, -0.05) is 24.6 Å². The Hall–Kier alpha value is -1.63. The van der Waals surface area contributed by atoms with Gasteiger partial charge < -0.3 is 10.2 Å². The van der Waals surface area contributed by atoms with Gasteiger partial charge in [0.2, 0.25) is 5.43 Å². The molecule has 1 amide bonds. The van der Waals surface area contributed by atoms with E-state index in [4.69, 9.17) is 11.6 Å². The fourth-order valence-corrected chi connectivity index (χ4v) is 4.88. The molecule has 3 atom stereocenters. The lowest BCUT2D eigenvalue weighted by Crippen LogP contribution is -2.49. The second-order valence-electron chi connectivity index (χ2n) is 7.73. The van der Waals surface area contributed by atoms with Gasteiger partial charge in [-0.15, -0.1) is 12.4 Å². The average Bonchev–Trinajstić information content (AvgIpc) is 2.85. The second-order valence-corrected chi connectivity index (χ2v) is 8.14. The Bertz CT molecular complexity index is 932. The molecule has 2 aromatic rings. The maximum absolute atomic E-state index is 12.9. The Labute approximate surface area is 175 Å². The van der Waals surface area contributed by atoms with Crippen molar-refractivity contribution >= 4 is 40.8 Å². The van der Waals surface area contributed by atoms with Crippen molar-refractivity contribution in [2.24, 2.45) is 0 Å². The molecule has 2 aliphatic heterocycles. The summed E-state index contributed by atoms with van der Waals surface area (Å²) in [5, 5.41) is 8.37. The number of aromatic nitrogens is 2. The average molecular weight is 425 g/mol. The van der Waals surface area contributed by atoms with E-state index in [9.17, 15) is 9.59 Å². The van der Waals surface area contributed by atoms with Crippen LogP contribution in [0.5, 0.6) is 0 Å². The van der Waals surface area contributed by atoms with Crippen molar-refractivity contribution in [2.45, 2.75) is 63.7 Å². The summed E-state index contributed by atoms with van der Waals surface area (Å²) in [4.78, 5) is 28.2. The standard InChI is InChI=1S/C20H25ClN4O2.ClH/c1-3-9-25-18-15(5-4-6-16(18)21)19(26)17(23-25)20(27)22-12-10-13-7-8-14(11-12)24(13)2;/h4-6,12-14H,3,7-11H2,1-2H3,(H,22,27);1H/t12?,13-,14+;. The van der Waals surface area contributed by atoms with Crippen LogP contribution in [0.3, 0.4) is 0 Å². The van der Waals surface area contributed by atoms with Crippen molar-refractivity contribution in [3.8, 4) is 0 Å². The molecule has 2 aliphatic rings. The molecule has 1 unspecified atom stereocenters. The Morgan fingerprint density at radius 1 is 1.29 bits per heavy atom. The number of para-hydroxylation sites is 1. The molecular formula is C20H26Cl2N4O2. The lowest BCUT2D eigenvalue weighted by molar-refractivity contribution is 0.0874. The van der Waals surface area contributed by atoms with E-state index < -0.39 is 0 Å². The van der Waals surface area contributed by atoms with Crippen molar-refractivity contribution < 1.29 is 4.79 Å². The third-order valence-corrected chi connectivity index (χ3v) is 6.31. The number of halogens is 2. The molecule has 0 spiro atoms. The molecule has 8 heteroatoms. The highest BCUT2D eigenvalue weighted by atomic mass is 35.5. The highest BCUT2D eigenvalue weighted by molar-refractivity contribution is 6.35. The minimum Gasteiger partial charge on any atom is -0.348 e. The number of piperidine rings is 1. The number of hydrogen-bond donors (Lipinski definition) is 1. The number of carbonyl (C=O) groups excluding carboxylic acids is 1. The molecule has 1 aromatic carbocycles. The van der Waals surface area contributed by atoms with Gasteiger partial charge in [-0.2, -0.15) is 5.10 Å². The molecule has 2 bridgehead atoms. The van der Waals surface area contributed by atoms with Gasteiger partial charge in [0.25, 0.3) is 5.91 Å². The lowest BCUT2D eigenvalue weighted by atomic mass is 9.98. The van der Waals surface area contributed by atoms with Gasteiger partial charge in [0, 0.05) is 24.7 Å². The number of carbonyl (C=O) groups is 1. The van der Waals surface area contributed by atoms with E-state index >= 15 is 0 Å². The van der Waals surface area contributed by atoms with Crippen molar-refractivity contribution in [1.82, 2.24) is 20.0 Å². The highest BCUT2D eigenvalue weighted by Crippen LogP contribution is 2.34. The van der Waals surface area contributed by atoms with Crippen LogP contribution in [0.25, 0.3) is 10.9 Å². The summed E-state index contributed by atoms with van der Waals surface area (Å²) in [6, 6.07) is 6.33. The molecule has 152 valence electrons. The van der Waals surface area contributed by atoms with Gasteiger partial charge in [0.1, 0.15) is 0 Å². The van der Waals surface area contributed by atoms with Crippen LogP contribution in [-0.2, 0) is 6.54 Å². The summed E-state index contributed by atoms with van der Waals surface area (Å²) in [5.41, 5.74) is 0.206. The summed E-state index contributed by atoms with van der Waals surface area (Å²) in [7, 11) is 2.17. The van der Waals surface area contributed by atoms with Crippen molar-refractivity contribution in [3.05, 3.63) is 39.1 Å². The molecule has 1 aromatic heterocycles. The van der Waals surface area contributed by atoms with Crippen LogP contribution in [0.15, 0.2) is 23.0 Å². The molecular weight excluding hydrogens is 399 g/mol. The summed E-state index contributed by atoms with van der Waals surface area (Å²) >= 11 is 6.31. The van der Waals surface area contributed by atoms with Crippen LogP contribution in [0, 0.1) is 0 Å². The van der Waals surface area contributed by atoms with Gasteiger partial charge in [-0.3, -0.25) is 14.3 Å². The van der Waals surface area contributed by atoms with E-state index in [0.29, 0.717) is 34.6 Å². The lowest BCUT2D eigenvalue weighted by Gasteiger charge is -2.36. The number of rotatable bonds is 4. The van der Waals surface area contributed by atoms with Crippen LogP contribution >= 0.6 is 24.0 Å². The third-order valence-electron chi connectivity index (χ3n) is 6.01. The number of nitrogens with zero attached hydrogens (tertiary/aromatic N) is 3. The van der Waals surface area contributed by atoms with E-state index in [2.05, 4.69) is 22.4 Å². The molecule has 0 aliphatic carbocycles. The Morgan fingerprint density at radius 3 is 2.61 bits per heavy atom. The topological polar surface area (TPSA) is 67.2 Å². The number of nitrogens with one attached hydrogen (secondary N) is 1. The van der Waals surface area contributed by atoms with Gasteiger partial charge >= 0.3 is 0 Å². The van der Waals surface area contributed by atoms with E-state index in [1.54, 1.807) is 22.9 Å². The van der Waals surface area contributed by atoms with Crippen LogP contribution in [0.1, 0.15) is 49.5 Å². The monoisotopic (exact) mass is 424 g/mol. The molecule has 0 saturated carbocycles. The third kappa shape index (κ3) is 3.65. The minimum absolute atomic E-state index is 0. The number of hydrogen-bond acceptors (Lipinski definition) is 4. The van der Waals surface area contributed by atoms with Gasteiger partial charge in [0.05, 0.1) is 15.9 Å². The number of aryl methyl sites for hydroxylation is 1. The van der Waals surface area contributed by atoms with Crippen molar-refractivity contribution in [1.29, 1.82) is 0 Å². The summed E-state index contributed by atoms with van der Waals surface area (Å²) in [6.45, 7) is 2.62. The van der Waals surface area contributed by atoms with Crippen LogP contribution in [0.2, 0.25) is 5.02 Å². The molecule has 2 fully saturated rings. The predicted octanol–water partition coefficient (Wildman–Crippen LogP) is 3.24. The maximum Gasteiger partial charge on any atom is 0.276 e. The normalized spacial score (nSPS) is 24.2. The smallest absolute Gasteiger partial charge is 0.276 e. The van der Waals surface area contributed by atoms with Crippen LogP contribution in [-0.4, -0.2) is 45.8 Å². The maximum atomic E-state index is 12.9. The van der Waals surface area contributed by atoms with E-state index in [0.717, 1.165) is 19.3 Å². The van der Waals surface area contributed by atoms with Crippen LogP contribution in [0.4, 0.5) is 0 Å². The highest BCUT2D eigenvalue weighted by Gasteiger charge is 2.39. The first-order valence-electron chi connectivity index (χ1n) is 9.71. The first kappa shape index (κ1) is 21.1. The zero-order chi connectivity index (χ0) is 19.1. The fraction of sp³-hybridized carbons (Fsp3) is 0.550. The molecule has 6 nitrogen and oxygen atoms in total. The molecule has 4 rings (SSSR count). The van der Waals surface area contributed by atoms with Crippen molar-refractivity contribution in [2.75, 3.05) is 7.05 Å². The molecule has 0 radical (unpaired) electrons. The molecule has 28 heavy (non-hydrogen) atoms. The predicted molar refractivity (Wildman–Crippen MR) is 114 cm³/mol. The first-order valence-corrected chi connectivity index (χ1v) is 10.1. The first-order chi connectivity index (χ1) is 13.0. The fourth-order valence-electron chi connectivity index (χ4n) is 4.61. The van der Waals surface area contributed by atoms with Gasteiger partial charge in [-0.25, -0.2) is 0 Å². The van der Waals surface area contributed by atoms with Crippen LogP contribution < -0.4 is 10.7 Å². The Balaban J connectivity index is 0.00000225. The summed E-state index contributed by atoms with van der Waals surface area (Å²) in [6.07, 6.45) is 5.06. The van der Waals surface area contributed by atoms with E-state index in [-0.39, 0.29) is 35.5 Å². The second kappa shape index (κ2) is 8.39. The quantitative estimate of drug-likeness (QED) is 0.817. The Kier molecular flexibility index (Phi) is 6.32. The zero-order valence-corrected chi connectivity index (χ0v) is 17.7. The zero-order valence-electron chi connectivity index (χ0n) is 16.2. The SMILES string of the molecule is CCCn1nc(C(=O)NC2C[C@H]3CC[C@@H](C2)N3C)c(=O)c2cccc(Cl)c21.Cl. The number of fused-ring (bicyclic) bond motifs is 3. The van der Waals surface area contributed by atoms with E-state index in [1.165, 1.54) is 12.8 Å². The van der Waals surface area contributed by atoms with Gasteiger partial charge in [0.15, 0.2) is 5.69 Å². The minimum atomic E-state index is -0.374.